The van der Waals surface area contributed by atoms with E-state index in [9.17, 15) is 14.4 Å². The lowest BCUT2D eigenvalue weighted by Crippen LogP contribution is -2.30. The van der Waals surface area contributed by atoms with Gasteiger partial charge in [-0.15, -0.1) is 0 Å². The Labute approximate surface area is 356 Å². The Morgan fingerprint density at radius 3 is 1.28 bits per heavy atom. The van der Waals surface area contributed by atoms with E-state index < -0.39 is 6.10 Å². The molecule has 0 saturated carbocycles. The molecule has 1 unspecified atom stereocenters. The van der Waals surface area contributed by atoms with E-state index in [0.717, 1.165) is 116 Å². The third kappa shape index (κ3) is 43.5. The number of carbonyl (C=O) groups excluding carboxylic acids is 3. The Bertz CT molecular complexity index is 1200. The van der Waals surface area contributed by atoms with E-state index in [0.29, 0.717) is 19.3 Å². The molecule has 0 aliphatic rings. The molecular weight excluding hydrogens is 721 g/mol. The van der Waals surface area contributed by atoms with Crippen LogP contribution in [0.5, 0.6) is 0 Å². The lowest BCUT2D eigenvalue weighted by molar-refractivity contribution is -0.167. The Balaban J connectivity index is 4.52. The molecule has 58 heavy (non-hydrogen) atoms. The first-order chi connectivity index (χ1) is 28.5. The number of hydrogen-bond acceptors (Lipinski definition) is 6. The van der Waals surface area contributed by atoms with E-state index >= 15 is 0 Å². The molecule has 0 spiro atoms. The molecule has 0 aromatic heterocycles. The van der Waals surface area contributed by atoms with Gasteiger partial charge in [-0.25, -0.2) is 0 Å². The van der Waals surface area contributed by atoms with E-state index in [1.54, 1.807) is 0 Å². The van der Waals surface area contributed by atoms with Crippen molar-refractivity contribution < 1.29 is 28.6 Å². The summed E-state index contributed by atoms with van der Waals surface area (Å²) < 4.78 is 16.7. The highest BCUT2D eigenvalue weighted by molar-refractivity contribution is 5.71. The number of esters is 3. The average Bonchev–Trinajstić information content (AvgIpc) is 3.22. The zero-order valence-electron chi connectivity index (χ0n) is 37.3. The third-order valence-electron chi connectivity index (χ3n) is 9.43. The first-order valence-electron chi connectivity index (χ1n) is 23.3. The minimum atomic E-state index is -0.808. The van der Waals surface area contributed by atoms with E-state index in [4.69, 9.17) is 14.2 Å². The van der Waals surface area contributed by atoms with Gasteiger partial charge in [0, 0.05) is 19.3 Å². The van der Waals surface area contributed by atoms with Crippen molar-refractivity contribution in [1.82, 2.24) is 0 Å². The number of ether oxygens (including phenoxy) is 3. The lowest BCUT2D eigenvalue weighted by atomic mass is 10.1. The zero-order chi connectivity index (χ0) is 42.3. The molecule has 0 aromatic rings. The summed E-state index contributed by atoms with van der Waals surface area (Å²) in [5.74, 6) is -0.988. The second-order valence-electron chi connectivity index (χ2n) is 15.0. The fourth-order valence-electron chi connectivity index (χ4n) is 5.96. The van der Waals surface area contributed by atoms with Crippen LogP contribution in [0.1, 0.15) is 194 Å². The van der Waals surface area contributed by atoms with E-state index in [-0.39, 0.29) is 31.1 Å². The maximum absolute atomic E-state index is 12.7. The smallest absolute Gasteiger partial charge is 0.306 e. The molecule has 0 rings (SSSR count). The van der Waals surface area contributed by atoms with Crippen LogP contribution in [-0.4, -0.2) is 37.2 Å². The summed E-state index contributed by atoms with van der Waals surface area (Å²) in [4.78, 5) is 37.8. The Morgan fingerprint density at radius 1 is 0.379 bits per heavy atom. The van der Waals surface area contributed by atoms with Crippen LogP contribution in [0.15, 0.2) is 97.2 Å². The summed E-state index contributed by atoms with van der Waals surface area (Å²) in [5, 5.41) is 0. The fraction of sp³-hybridized carbons (Fsp3) is 0.635. The van der Waals surface area contributed by atoms with Crippen LogP contribution in [0, 0.1) is 0 Å². The largest absolute Gasteiger partial charge is 0.462 e. The van der Waals surface area contributed by atoms with Crippen LogP contribution < -0.4 is 0 Å². The standard InChI is InChI=1S/C52H84O6/c1-4-7-10-13-16-19-22-25-26-28-30-33-36-39-42-45-51(54)57-48-49(47-56-50(53)44-41-38-35-32-29-24-21-18-15-12-9-6-3)58-52(55)46-43-40-37-34-31-27-23-20-17-14-11-8-5-2/h7,9-10,12-13,16,18-19,21-22,25-28,30-31,49H,4-6,8,11,14-15,17,20,23-24,29,32-48H2,1-3H3/b10-7-,12-9-,16-13-,21-18-,22-19-,26-25-,30-28-,31-27-. The predicted octanol–water partition coefficient (Wildman–Crippen LogP) is 15.0. The van der Waals surface area contributed by atoms with Gasteiger partial charge in [-0.2, -0.15) is 0 Å². The van der Waals surface area contributed by atoms with E-state index in [2.05, 4.69) is 69.4 Å². The van der Waals surface area contributed by atoms with Crippen LogP contribution in [-0.2, 0) is 28.6 Å². The Morgan fingerprint density at radius 2 is 0.759 bits per heavy atom. The van der Waals surface area contributed by atoms with Crippen LogP contribution in [0.4, 0.5) is 0 Å². The minimum absolute atomic E-state index is 0.107. The number of allylic oxidation sites excluding steroid dienone is 16. The van der Waals surface area contributed by atoms with E-state index in [1.165, 1.54) is 38.5 Å². The molecule has 0 saturated heterocycles. The highest BCUT2D eigenvalue weighted by atomic mass is 16.6. The molecule has 0 aliphatic carbocycles. The average molecular weight is 805 g/mol. The summed E-state index contributed by atoms with van der Waals surface area (Å²) in [6, 6.07) is 0. The van der Waals surface area contributed by atoms with Crippen LogP contribution >= 0.6 is 0 Å². The van der Waals surface area contributed by atoms with Gasteiger partial charge in [0.2, 0.25) is 0 Å². The SMILES string of the molecule is CC\C=C/C=C\C=C/C=C\C=C/CCCCCC(=O)OCC(COC(=O)CCCCCCC/C=C\C/C=C\CC)OC(=O)CCCCC/C=C\CCCCCCCC. The number of unbranched alkanes of at least 4 members (excludes halogenated alkanes) is 17. The van der Waals surface area contributed by atoms with Gasteiger partial charge < -0.3 is 14.2 Å². The molecule has 0 heterocycles. The van der Waals surface area contributed by atoms with Crippen molar-refractivity contribution >= 4 is 17.9 Å². The Kier molecular flexibility index (Phi) is 43.1. The third-order valence-corrected chi connectivity index (χ3v) is 9.43. The van der Waals surface area contributed by atoms with Crippen molar-refractivity contribution in [2.75, 3.05) is 13.2 Å². The van der Waals surface area contributed by atoms with E-state index in [1.807, 2.05) is 48.6 Å². The summed E-state index contributed by atoms with van der Waals surface area (Å²) in [7, 11) is 0. The van der Waals surface area contributed by atoms with Crippen molar-refractivity contribution in [1.29, 1.82) is 0 Å². The molecule has 328 valence electrons. The molecule has 6 heteroatoms. The maximum atomic E-state index is 12.7. The highest BCUT2D eigenvalue weighted by Crippen LogP contribution is 2.12. The van der Waals surface area contributed by atoms with Crippen molar-refractivity contribution in [2.24, 2.45) is 0 Å². The van der Waals surface area contributed by atoms with Gasteiger partial charge in [0.15, 0.2) is 6.10 Å². The first kappa shape index (κ1) is 54.3. The van der Waals surface area contributed by atoms with Gasteiger partial charge in [-0.3, -0.25) is 14.4 Å². The van der Waals surface area contributed by atoms with Gasteiger partial charge in [-0.05, 0) is 89.9 Å². The monoisotopic (exact) mass is 805 g/mol. The van der Waals surface area contributed by atoms with Gasteiger partial charge in [-0.1, -0.05) is 182 Å². The molecule has 0 aliphatic heterocycles. The number of carbonyl (C=O) groups is 3. The maximum Gasteiger partial charge on any atom is 0.306 e. The quantitative estimate of drug-likeness (QED) is 0.0202. The lowest BCUT2D eigenvalue weighted by Gasteiger charge is -2.18. The van der Waals surface area contributed by atoms with Gasteiger partial charge in [0.05, 0.1) is 0 Å². The minimum Gasteiger partial charge on any atom is -0.462 e. The van der Waals surface area contributed by atoms with Gasteiger partial charge in [0.1, 0.15) is 13.2 Å². The second-order valence-corrected chi connectivity index (χ2v) is 15.0. The molecule has 1 atom stereocenters. The molecule has 6 nitrogen and oxygen atoms in total. The molecule has 0 fully saturated rings. The molecule has 0 amide bonds. The van der Waals surface area contributed by atoms with Crippen molar-refractivity contribution in [3.8, 4) is 0 Å². The molecule has 0 aromatic carbocycles. The van der Waals surface area contributed by atoms with Gasteiger partial charge >= 0.3 is 17.9 Å². The second kappa shape index (κ2) is 46.0. The predicted molar refractivity (Wildman–Crippen MR) is 247 cm³/mol. The number of rotatable bonds is 40. The van der Waals surface area contributed by atoms with Crippen LogP contribution in [0.3, 0.4) is 0 Å². The summed E-state index contributed by atoms with van der Waals surface area (Å²) >= 11 is 0. The first-order valence-corrected chi connectivity index (χ1v) is 23.3. The zero-order valence-corrected chi connectivity index (χ0v) is 37.3. The van der Waals surface area contributed by atoms with Crippen LogP contribution in [0.2, 0.25) is 0 Å². The normalized spacial score (nSPS) is 12.9. The van der Waals surface area contributed by atoms with Gasteiger partial charge in [0.25, 0.3) is 0 Å². The molecular formula is C52H84O6. The Hall–Kier alpha value is -3.67. The summed E-state index contributed by atoms with van der Waals surface area (Å²) in [6.45, 7) is 6.29. The molecule has 0 N–H and O–H groups in total. The highest BCUT2D eigenvalue weighted by Gasteiger charge is 2.19. The topological polar surface area (TPSA) is 78.9 Å². The fourth-order valence-corrected chi connectivity index (χ4v) is 5.96. The van der Waals surface area contributed by atoms with Crippen LogP contribution in [0.25, 0.3) is 0 Å². The van der Waals surface area contributed by atoms with Crippen molar-refractivity contribution in [3.05, 3.63) is 97.2 Å². The summed E-state index contributed by atoms with van der Waals surface area (Å²) in [6.07, 6.45) is 59.6. The molecule has 0 radical (unpaired) electrons. The molecule has 0 bridgehead atoms. The number of hydrogen-bond donors (Lipinski definition) is 0. The van der Waals surface area contributed by atoms with Crippen molar-refractivity contribution in [3.63, 3.8) is 0 Å². The summed E-state index contributed by atoms with van der Waals surface area (Å²) in [5.41, 5.74) is 0. The van der Waals surface area contributed by atoms with Crippen molar-refractivity contribution in [2.45, 2.75) is 200 Å².